The van der Waals surface area contributed by atoms with Gasteiger partial charge in [-0.05, 0) is 30.7 Å². The molecule has 0 aromatic heterocycles. The number of hydrogen-bond acceptors (Lipinski definition) is 2. The van der Waals surface area contributed by atoms with Crippen LogP contribution in [0.1, 0.15) is 24.5 Å². The van der Waals surface area contributed by atoms with Gasteiger partial charge in [-0.15, -0.1) is 0 Å². The van der Waals surface area contributed by atoms with Crippen LogP contribution in [0.5, 0.6) is 0 Å². The Bertz CT molecular complexity index is 761. The number of nitrogens with zero attached hydrogens (tertiary/aromatic N) is 1. The first-order valence-corrected chi connectivity index (χ1v) is 8.66. The van der Waals surface area contributed by atoms with Crippen LogP contribution in [0.15, 0.2) is 42.5 Å². The molecule has 0 aliphatic carbocycles. The Kier molecular flexibility index (Phi) is 6.85. The molecule has 1 N–H and O–H groups in total. The van der Waals surface area contributed by atoms with E-state index in [9.17, 15) is 9.59 Å². The van der Waals surface area contributed by atoms with Gasteiger partial charge in [-0.25, -0.2) is 0 Å². The van der Waals surface area contributed by atoms with Crippen molar-refractivity contribution in [2.45, 2.75) is 26.8 Å². The fourth-order valence-corrected chi connectivity index (χ4v) is 2.76. The molecule has 2 amide bonds. The predicted molar refractivity (Wildman–Crippen MR) is 102 cm³/mol. The van der Waals surface area contributed by atoms with Gasteiger partial charge in [-0.3, -0.25) is 9.59 Å². The Morgan fingerprint density at radius 2 is 1.76 bits per heavy atom. The highest BCUT2D eigenvalue weighted by Crippen LogP contribution is 2.25. The molecule has 132 valence electrons. The molecule has 6 heteroatoms. The monoisotopic (exact) mass is 378 g/mol. The van der Waals surface area contributed by atoms with Gasteiger partial charge in [0, 0.05) is 31.5 Å². The van der Waals surface area contributed by atoms with Gasteiger partial charge in [0.1, 0.15) is 0 Å². The molecule has 0 unspecified atom stereocenters. The number of rotatable bonds is 6. The van der Waals surface area contributed by atoms with Crippen LogP contribution in [0.3, 0.4) is 0 Å². The standard InChI is InChI=1S/C19H20Cl2N2O2/c1-13-3-5-15(6-4-13)12-23(14(2)24)10-9-19(25)22-18-8-7-16(20)11-17(18)21/h3-8,11H,9-10,12H2,1-2H3,(H,22,25). The third kappa shape index (κ3) is 6.07. The normalized spacial score (nSPS) is 10.4. The minimum Gasteiger partial charge on any atom is -0.338 e. The van der Waals surface area contributed by atoms with Crippen molar-refractivity contribution in [1.29, 1.82) is 0 Å². The predicted octanol–water partition coefficient (Wildman–Crippen LogP) is 4.68. The number of carbonyl (C=O) groups is 2. The molecule has 0 atom stereocenters. The fourth-order valence-electron chi connectivity index (χ4n) is 2.30. The van der Waals surface area contributed by atoms with Gasteiger partial charge in [0.2, 0.25) is 11.8 Å². The highest BCUT2D eigenvalue weighted by molar-refractivity contribution is 6.36. The zero-order valence-corrected chi connectivity index (χ0v) is 15.7. The lowest BCUT2D eigenvalue weighted by Crippen LogP contribution is -2.31. The van der Waals surface area contributed by atoms with E-state index in [0.717, 1.165) is 11.1 Å². The highest BCUT2D eigenvalue weighted by atomic mass is 35.5. The van der Waals surface area contributed by atoms with Crippen molar-refractivity contribution >= 4 is 40.7 Å². The van der Waals surface area contributed by atoms with Crippen LogP contribution in [0.25, 0.3) is 0 Å². The number of aryl methyl sites for hydroxylation is 1. The molecule has 0 bridgehead atoms. The summed E-state index contributed by atoms with van der Waals surface area (Å²) in [5.41, 5.74) is 2.70. The lowest BCUT2D eigenvalue weighted by atomic mass is 10.1. The highest BCUT2D eigenvalue weighted by Gasteiger charge is 2.13. The van der Waals surface area contributed by atoms with Crippen LogP contribution in [-0.2, 0) is 16.1 Å². The van der Waals surface area contributed by atoms with Crippen LogP contribution in [0.4, 0.5) is 5.69 Å². The summed E-state index contributed by atoms with van der Waals surface area (Å²) >= 11 is 11.9. The van der Waals surface area contributed by atoms with Crippen LogP contribution in [0.2, 0.25) is 10.0 Å². The zero-order chi connectivity index (χ0) is 18.4. The second kappa shape index (κ2) is 8.88. The van der Waals surface area contributed by atoms with E-state index in [4.69, 9.17) is 23.2 Å². The van der Waals surface area contributed by atoms with E-state index in [-0.39, 0.29) is 18.2 Å². The number of benzene rings is 2. The fraction of sp³-hybridized carbons (Fsp3) is 0.263. The third-order valence-electron chi connectivity index (χ3n) is 3.75. The topological polar surface area (TPSA) is 49.4 Å². The maximum absolute atomic E-state index is 12.1. The van der Waals surface area contributed by atoms with Gasteiger partial charge in [-0.2, -0.15) is 0 Å². The lowest BCUT2D eigenvalue weighted by Gasteiger charge is -2.21. The largest absolute Gasteiger partial charge is 0.338 e. The molecule has 0 heterocycles. The number of nitrogens with one attached hydrogen (secondary N) is 1. The minimum absolute atomic E-state index is 0.0714. The van der Waals surface area contributed by atoms with Crippen molar-refractivity contribution in [3.63, 3.8) is 0 Å². The van der Waals surface area contributed by atoms with E-state index in [1.807, 2.05) is 31.2 Å². The van der Waals surface area contributed by atoms with Crippen molar-refractivity contribution in [3.05, 3.63) is 63.6 Å². The molecular weight excluding hydrogens is 359 g/mol. The molecule has 0 aliphatic rings. The summed E-state index contributed by atoms with van der Waals surface area (Å²) in [5, 5.41) is 3.62. The zero-order valence-electron chi connectivity index (χ0n) is 14.2. The quantitative estimate of drug-likeness (QED) is 0.792. The summed E-state index contributed by atoms with van der Waals surface area (Å²) in [6.07, 6.45) is 0.185. The Morgan fingerprint density at radius 3 is 2.36 bits per heavy atom. The number of amides is 2. The first-order chi connectivity index (χ1) is 11.8. The molecule has 2 rings (SSSR count). The average molecular weight is 379 g/mol. The van der Waals surface area contributed by atoms with Gasteiger partial charge in [0.05, 0.1) is 10.7 Å². The summed E-state index contributed by atoms with van der Waals surface area (Å²) in [7, 11) is 0. The summed E-state index contributed by atoms with van der Waals surface area (Å²) in [6, 6.07) is 12.8. The molecule has 25 heavy (non-hydrogen) atoms. The Hall–Kier alpha value is -2.04. The van der Waals surface area contributed by atoms with E-state index in [1.54, 1.807) is 23.1 Å². The number of anilines is 1. The maximum atomic E-state index is 12.1. The van der Waals surface area contributed by atoms with Crippen LogP contribution >= 0.6 is 23.2 Å². The van der Waals surface area contributed by atoms with Crippen molar-refractivity contribution in [2.24, 2.45) is 0 Å². The summed E-state index contributed by atoms with van der Waals surface area (Å²) in [5.74, 6) is -0.280. The van der Waals surface area contributed by atoms with Gasteiger partial charge in [-0.1, -0.05) is 53.0 Å². The maximum Gasteiger partial charge on any atom is 0.226 e. The summed E-state index contributed by atoms with van der Waals surface area (Å²) in [6.45, 7) is 4.33. The van der Waals surface area contributed by atoms with Crippen molar-refractivity contribution in [2.75, 3.05) is 11.9 Å². The first kappa shape index (κ1) is 19.3. The molecular formula is C19H20Cl2N2O2. The van der Waals surface area contributed by atoms with Gasteiger partial charge in [0.15, 0.2) is 0 Å². The number of carbonyl (C=O) groups excluding carboxylic acids is 2. The summed E-state index contributed by atoms with van der Waals surface area (Å²) < 4.78 is 0. The van der Waals surface area contributed by atoms with Gasteiger partial charge < -0.3 is 10.2 Å². The molecule has 0 spiro atoms. The van der Waals surface area contributed by atoms with Crippen LogP contribution in [-0.4, -0.2) is 23.3 Å². The SMILES string of the molecule is CC(=O)N(CCC(=O)Nc1ccc(Cl)cc1Cl)Cc1ccc(C)cc1. The second-order valence-electron chi connectivity index (χ2n) is 5.85. The Balaban J connectivity index is 1.92. The number of halogens is 2. The van der Waals surface area contributed by atoms with Crippen LogP contribution in [0, 0.1) is 6.92 Å². The second-order valence-corrected chi connectivity index (χ2v) is 6.69. The first-order valence-electron chi connectivity index (χ1n) is 7.91. The molecule has 0 aliphatic heterocycles. The van der Waals surface area contributed by atoms with Crippen LogP contribution < -0.4 is 5.32 Å². The average Bonchev–Trinajstić information content (AvgIpc) is 2.55. The number of hydrogen-bond donors (Lipinski definition) is 1. The van der Waals surface area contributed by atoms with Crippen molar-refractivity contribution in [1.82, 2.24) is 4.90 Å². The third-order valence-corrected chi connectivity index (χ3v) is 4.30. The van der Waals surface area contributed by atoms with Gasteiger partial charge in [0.25, 0.3) is 0 Å². The van der Waals surface area contributed by atoms with Gasteiger partial charge >= 0.3 is 0 Å². The lowest BCUT2D eigenvalue weighted by molar-refractivity contribution is -0.129. The molecule has 0 saturated heterocycles. The smallest absolute Gasteiger partial charge is 0.226 e. The van der Waals surface area contributed by atoms with E-state index >= 15 is 0 Å². The Morgan fingerprint density at radius 1 is 1.08 bits per heavy atom. The van der Waals surface area contributed by atoms with Crippen molar-refractivity contribution in [3.8, 4) is 0 Å². The Labute approximate surface area is 157 Å². The van der Waals surface area contributed by atoms with E-state index in [2.05, 4.69) is 5.32 Å². The van der Waals surface area contributed by atoms with E-state index < -0.39 is 0 Å². The molecule has 0 radical (unpaired) electrons. The molecule has 2 aromatic rings. The summed E-state index contributed by atoms with van der Waals surface area (Å²) in [4.78, 5) is 25.6. The molecule has 2 aromatic carbocycles. The minimum atomic E-state index is -0.209. The molecule has 0 fully saturated rings. The molecule has 0 saturated carbocycles. The van der Waals surface area contributed by atoms with Crippen molar-refractivity contribution < 1.29 is 9.59 Å². The van der Waals surface area contributed by atoms with E-state index in [1.165, 1.54) is 6.92 Å². The molecule has 4 nitrogen and oxygen atoms in total. The van der Waals surface area contributed by atoms with E-state index in [0.29, 0.717) is 28.8 Å².